The molecule has 2 aromatic rings. The van der Waals surface area contributed by atoms with Gasteiger partial charge < -0.3 is 8.95 Å². The van der Waals surface area contributed by atoms with Gasteiger partial charge in [0.25, 0.3) is 0 Å². The average Bonchev–Trinajstić information content (AvgIpc) is 2.49. The van der Waals surface area contributed by atoms with Crippen LogP contribution in [0.4, 0.5) is 0 Å². The Bertz CT molecular complexity index is 438. The molecular formula is C7H6N2O2S. The Hall–Kier alpha value is -1.20. The topological polar surface area (TPSA) is 54.6 Å². The molecule has 0 radical (unpaired) electrons. The van der Waals surface area contributed by atoms with Gasteiger partial charge in [-0.15, -0.1) is 0 Å². The summed E-state index contributed by atoms with van der Waals surface area (Å²) in [6.07, 6.45) is 5.12. The van der Waals surface area contributed by atoms with E-state index in [9.17, 15) is 4.21 Å². The Kier molecular flexibility index (Phi) is 1.67. The second-order valence-electron chi connectivity index (χ2n) is 2.30. The molecule has 2 heterocycles. The minimum Gasteiger partial charge on any atom is -0.307 e. The van der Waals surface area contributed by atoms with Crippen molar-refractivity contribution < 1.29 is 8.76 Å². The van der Waals surface area contributed by atoms with Gasteiger partial charge in [-0.2, -0.15) is 0 Å². The summed E-state index contributed by atoms with van der Waals surface area (Å²) in [6.45, 7) is 0. The summed E-state index contributed by atoms with van der Waals surface area (Å²) in [5.41, 5.74) is 0.676. The number of hydrogen-bond acceptors (Lipinski definition) is 2. The molecule has 0 spiro atoms. The van der Waals surface area contributed by atoms with E-state index in [1.165, 1.54) is 0 Å². The fourth-order valence-electron chi connectivity index (χ4n) is 1.00. The lowest BCUT2D eigenvalue weighted by Crippen LogP contribution is -1.90. The molecule has 0 aliphatic rings. The Morgan fingerprint density at radius 1 is 1.50 bits per heavy atom. The van der Waals surface area contributed by atoms with Gasteiger partial charge >= 0.3 is 0 Å². The molecule has 1 atom stereocenters. The average molecular weight is 182 g/mol. The van der Waals surface area contributed by atoms with Crippen LogP contribution in [0.3, 0.4) is 0 Å². The summed E-state index contributed by atoms with van der Waals surface area (Å²) in [5, 5.41) is 0. The molecule has 1 N–H and O–H groups in total. The highest BCUT2D eigenvalue weighted by Crippen LogP contribution is 2.07. The van der Waals surface area contributed by atoms with E-state index in [0.717, 1.165) is 0 Å². The largest absolute Gasteiger partial charge is 0.307 e. The zero-order chi connectivity index (χ0) is 8.55. The lowest BCUT2D eigenvalue weighted by Gasteiger charge is -1.95. The van der Waals surface area contributed by atoms with E-state index in [1.807, 2.05) is 0 Å². The van der Waals surface area contributed by atoms with Crippen molar-refractivity contribution in [3.8, 4) is 0 Å². The van der Waals surface area contributed by atoms with E-state index in [2.05, 4.69) is 4.98 Å². The van der Waals surface area contributed by atoms with Crippen molar-refractivity contribution >= 4 is 16.7 Å². The van der Waals surface area contributed by atoms with Gasteiger partial charge in [-0.1, -0.05) is 0 Å². The number of hydrogen-bond donors (Lipinski definition) is 1. The Morgan fingerprint density at radius 2 is 2.33 bits per heavy atom. The third-order valence-corrected chi connectivity index (χ3v) is 2.23. The molecule has 62 valence electrons. The molecule has 0 aliphatic heterocycles. The van der Waals surface area contributed by atoms with E-state index in [1.54, 1.807) is 35.1 Å². The Balaban J connectivity index is 2.68. The first-order chi connectivity index (χ1) is 5.77. The van der Waals surface area contributed by atoms with Crippen LogP contribution < -0.4 is 0 Å². The highest BCUT2D eigenvalue weighted by atomic mass is 32.2. The summed E-state index contributed by atoms with van der Waals surface area (Å²) < 4.78 is 21.2. The fraction of sp³-hybridized carbons (Fsp3) is 0. The predicted octanol–water partition coefficient (Wildman–Crippen LogP) is 0.915. The lowest BCUT2D eigenvalue weighted by molar-refractivity contribution is 0.564. The fourth-order valence-corrected chi connectivity index (χ4v) is 1.38. The summed E-state index contributed by atoms with van der Waals surface area (Å²) in [5.74, 6) is 0. The van der Waals surface area contributed by atoms with Crippen LogP contribution in [0.1, 0.15) is 0 Å². The van der Waals surface area contributed by atoms with Crippen molar-refractivity contribution in [1.29, 1.82) is 0 Å². The molecule has 2 rings (SSSR count). The smallest absolute Gasteiger partial charge is 0.186 e. The molecule has 0 amide bonds. The molecule has 0 bridgehead atoms. The van der Waals surface area contributed by atoms with Gasteiger partial charge in [0.1, 0.15) is 5.65 Å². The van der Waals surface area contributed by atoms with E-state index < -0.39 is 11.1 Å². The van der Waals surface area contributed by atoms with E-state index in [-0.39, 0.29) is 0 Å². The van der Waals surface area contributed by atoms with Crippen molar-refractivity contribution in [3.05, 3.63) is 30.7 Å². The predicted molar refractivity (Wildman–Crippen MR) is 44.2 cm³/mol. The van der Waals surface area contributed by atoms with Crippen LogP contribution in [0.5, 0.6) is 0 Å². The molecule has 0 saturated heterocycles. The van der Waals surface area contributed by atoms with Crippen molar-refractivity contribution in [3.63, 3.8) is 0 Å². The van der Waals surface area contributed by atoms with Crippen LogP contribution in [-0.2, 0) is 11.1 Å². The number of rotatable bonds is 1. The van der Waals surface area contributed by atoms with Crippen LogP contribution in [-0.4, -0.2) is 18.1 Å². The second-order valence-corrected chi connectivity index (χ2v) is 3.27. The van der Waals surface area contributed by atoms with Gasteiger partial charge in [0.15, 0.2) is 11.1 Å². The van der Waals surface area contributed by atoms with Gasteiger partial charge in [-0.25, -0.2) is 9.19 Å². The molecule has 0 saturated carbocycles. The summed E-state index contributed by atoms with van der Waals surface area (Å²) in [4.78, 5) is 4.35. The zero-order valence-electron chi connectivity index (χ0n) is 6.04. The maximum Gasteiger partial charge on any atom is 0.186 e. The maximum atomic E-state index is 10.6. The molecule has 0 aliphatic carbocycles. The van der Waals surface area contributed by atoms with Crippen molar-refractivity contribution in [2.24, 2.45) is 0 Å². The monoisotopic (exact) mass is 182 g/mol. The quantitative estimate of drug-likeness (QED) is 0.667. The van der Waals surface area contributed by atoms with E-state index in [0.29, 0.717) is 10.5 Å². The van der Waals surface area contributed by atoms with Crippen molar-refractivity contribution in [2.75, 3.05) is 0 Å². The summed E-state index contributed by atoms with van der Waals surface area (Å²) >= 11 is -1.92. The Labute approximate surface area is 71.1 Å². The van der Waals surface area contributed by atoms with Crippen LogP contribution in [0.15, 0.2) is 35.6 Å². The molecule has 0 aromatic carbocycles. The number of imidazole rings is 1. The minimum absolute atomic E-state index is 0.369. The van der Waals surface area contributed by atoms with Gasteiger partial charge in [0.05, 0.1) is 4.90 Å². The minimum atomic E-state index is -1.92. The number of fused-ring (bicyclic) bond motifs is 1. The van der Waals surface area contributed by atoms with Crippen LogP contribution in [0.25, 0.3) is 5.65 Å². The van der Waals surface area contributed by atoms with Crippen LogP contribution in [0, 0.1) is 0 Å². The van der Waals surface area contributed by atoms with Gasteiger partial charge in [0, 0.05) is 18.6 Å². The normalized spacial score (nSPS) is 13.4. The Morgan fingerprint density at radius 3 is 3.08 bits per heavy atom. The first-order valence-corrected chi connectivity index (χ1v) is 4.41. The third-order valence-electron chi connectivity index (χ3n) is 1.57. The van der Waals surface area contributed by atoms with Crippen LogP contribution in [0.2, 0.25) is 0 Å². The van der Waals surface area contributed by atoms with Crippen molar-refractivity contribution in [1.82, 2.24) is 9.38 Å². The van der Waals surface area contributed by atoms with Gasteiger partial charge in [-0.05, 0) is 12.1 Å². The first-order valence-electron chi connectivity index (χ1n) is 3.31. The van der Waals surface area contributed by atoms with Crippen LogP contribution >= 0.6 is 0 Å². The zero-order valence-corrected chi connectivity index (χ0v) is 6.86. The first kappa shape index (κ1) is 7.45. The molecule has 12 heavy (non-hydrogen) atoms. The lowest BCUT2D eigenvalue weighted by atomic mass is 10.5. The van der Waals surface area contributed by atoms with Gasteiger partial charge in [-0.3, -0.25) is 0 Å². The molecule has 1 unspecified atom stereocenters. The van der Waals surface area contributed by atoms with Gasteiger partial charge in [0.2, 0.25) is 0 Å². The third kappa shape index (κ3) is 1.13. The SMILES string of the molecule is O=S(O)c1ccn2ccnc2c1. The van der Waals surface area contributed by atoms with E-state index >= 15 is 0 Å². The molecule has 5 heteroatoms. The summed E-state index contributed by atoms with van der Waals surface area (Å²) in [7, 11) is 0. The molecule has 4 nitrogen and oxygen atoms in total. The molecule has 2 aromatic heterocycles. The summed E-state index contributed by atoms with van der Waals surface area (Å²) in [6, 6.07) is 3.17. The van der Waals surface area contributed by atoms with E-state index in [4.69, 9.17) is 4.55 Å². The standard InChI is InChI=1S/C7H6N2O2S/c10-12(11)6-1-3-9-4-2-8-7(9)5-6/h1-5H,(H,10,11). The maximum absolute atomic E-state index is 10.6. The molecule has 0 fully saturated rings. The number of aromatic nitrogens is 2. The second kappa shape index (κ2) is 2.69. The number of nitrogens with zero attached hydrogens (tertiary/aromatic N) is 2. The van der Waals surface area contributed by atoms with Crippen molar-refractivity contribution in [2.45, 2.75) is 4.90 Å². The molecular weight excluding hydrogens is 176 g/mol. The number of pyridine rings is 1. The highest BCUT2D eigenvalue weighted by Gasteiger charge is 2.00. The highest BCUT2D eigenvalue weighted by molar-refractivity contribution is 7.79.